The van der Waals surface area contributed by atoms with Crippen molar-refractivity contribution in [2.45, 2.75) is 12.5 Å². The minimum Gasteiger partial charge on any atom is -0.481 e. The lowest BCUT2D eigenvalue weighted by atomic mass is 10.2. The molecule has 2 N–H and O–H groups in total. The fraction of sp³-hybridized carbons (Fsp3) is 0.385. The van der Waals surface area contributed by atoms with Crippen LogP contribution in [0.15, 0.2) is 22.7 Å². The second-order valence-electron chi connectivity index (χ2n) is 4.57. The number of carboxylic acid groups (broad SMARTS) is 1. The maximum Gasteiger partial charge on any atom is 0.322 e. The van der Waals surface area contributed by atoms with Crippen LogP contribution < -0.4 is 5.32 Å². The van der Waals surface area contributed by atoms with E-state index >= 15 is 0 Å². The monoisotopic (exact) mass is 392 g/mol. The first-order valence-electron chi connectivity index (χ1n) is 6.29. The van der Waals surface area contributed by atoms with Gasteiger partial charge in [0.05, 0.1) is 18.2 Å². The standard InChI is InChI=1S/C13H14BrClN2O3S/c14-10-5-8(15)1-2-11(10)16-13(20)17-3-4-21-7-9(17)6-12(18)19/h1-2,5,9H,3-4,6-7H2,(H,16,20)(H,18,19). The fourth-order valence-corrected chi connectivity index (χ4v) is 3.91. The van der Waals surface area contributed by atoms with Crippen LogP contribution in [-0.4, -0.2) is 46.1 Å². The molecule has 2 rings (SSSR count). The molecule has 0 spiro atoms. The predicted molar refractivity (Wildman–Crippen MR) is 88.2 cm³/mol. The van der Waals surface area contributed by atoms with Crippen LogP contribution in [0.2, 0.25) is 5.02 Å². The Bertz CT molecular complexity index is 558. The van der Waals surface area contributed by atoms with E-state index in [1.807, 2.05) is 0 Å². The van der Waals surface area contributed by atoms with Crippen molar-refractivity contribution in [2.24, 2.45) is 0 Å². The zero-order valence-electron chi connectivity index (χ0n) is 11.0. The number of benzene rings is 1. The number of carbonyl (C=O) groups is 2. The molecule has 1 aromatic carbocycles. The number of carboxylic acids is 1. The van der Waals surface area contributed by atoms with E-state index in [1.165, 1.54) is 0 Å². The number of aliphatic carboxylic acids is 1. The van der Waals surface area contributed by atoms with Gasteiger partial charge in [-0.3, -0.25) is 4.79 Å². The van der Waals surface area contributed by atoms with Gasteiger partial charge < -0.3 is 15.3 Å². The zero-order chi connectivity index (χ0) is 15.4. The van der Waals surface area contributed by atoms with Crippen LogP contribution in [0.3, 0.4) is 0 Å². The molecule has 1 fully saturated rings. The smallest absolute Gasteiger partial charge is 0.322 e. The summed E-state index contributed by atoms with van der Waals surface area (Å²) in [6.45, 7) is 0.541. The van der Waals surface area contributed by atoms with Crippen molar-refractivity contribution in [3.63, 3.8) is 0 Å². The molecule has 8 heteroatoms. The van der Waals surface area contributed by atoms with Gasteiger partial charge in [-0.2, -0.15) is 11.8 Å². The van der Waals surface area contributed by atoms with Gasteiger partial charge in [0.1, 0.15) is 0 Å². The lowest BCUT2D eigenvalue weighted by molar-refractivity contribution is -0.137. The number of thioether (sulfide) groups is 1. The number of hydrogen-bond acceptors (Lipinski definition) is 3. The minimum absolute atomic E-state index is 0.0395. The van der Waals surface area contributed by atoms with Crippen LogP contribution >= 0.6 is 39.3 Å². The second kappa shape index (κ2) is 7.38. The Morgan fingerprint density at radius 1 is 1.52 bits per heavy atom. The second-order valence-corrected chi connectivity index (χ2v) is 7.01. The summed E-state index contributed by atoms with van der Waals surface area (Å²) in [5.74, 6) is 0.556. The first-order chi connectivity index (χ1) is 9.97. The molecule has 21 heavy (non-hydrogen) atoms. The third-order valence-corrected chi connectivity index (χ3v) is 5.05. The number of amides is 2. The van der Waals surface area contributed by atoms with Crippen molar-refractivity contribution in [2.75, 3.05) is 23.4 Å². The van der Waals surface area contributed by atoms with E-state index in [9.17, 15) is 9.59 Å². The van der Waals surface area contributed by atoms with Crippen molar-refractivity contribution in [3.8, 4) is 0 Å². The molecule has 5 nitrogen and oxygen atoms in total. The molecule has 1 saturated heterocycles. The Morgan fingerprint density at radius 3 is 2.95 bits per heavy atom. The molecule has 0 aliphatic carbocycles. The number of urea groups is 1. The number of nitrogens with zero attached hydrogens (tertiary/aromatic N) is 1. The van der Waals surface area contributed by atoms with Gasteiger partial charge in [0, 0.05) is 27.5 Å². The van der Waals surface area contributed by atoms with Gasteiger partial charge in [0.2, 0.25) is 0 Å². The summed E-state index contributed by atoms with van der Waals surface area (Å²) >= 11 is 10.9. The van der Waals surface area contributed by atoms with Gasteiger partial charge in [-0.1, -0.05) is 11.6 Å². The van der Waals surface area contributed by atoms with Crippen molar-refractivity contribution < 1.29 is 14.7 Å². The van der Waals surface area contributed by atoms with Gasteiger partial charge in [-0.15, -0.1) is 0 Å². The molecule has 1 unspecified atom stereocenters. The topological polar surface area (TPSA) is 69.6 Å². The molecular weight excluding hydrogens is 380 g/mol. The molecule has 1 aliphatic heterocycles. The third kappa shape index (κ3) is 4.52. The van der Waals surface area contributed by atoms with Crippen molar-refractivity contribution in [3.05, 3.63) is 27.7 Å². The number of carbonyl (C=O) groups excluding carboxylic acids is 1. The minimum atomic E-state index is -0.895. The first kappa shape index (κ1) is 16.5. The van der Waals surface area contributed by atoms with Gasteiger partial charge in [0.25, 0.3) is 0 Å². The van der Waals surface area contributed by atoms with E-state index in [0.29, 0.717) is 27.5 Å². The maximum absolute atomic E-state index is 12.4. The fourth-order valence-electron chi connectivity index (χ4n) is 2.07. The highest BCUT2D eigenvalue weighted by molar-refractivity contribution is 9.10. The highest BCUT2D eigenvalue weighted by atomic mass is 79.9. The Balaban J connectivity index is 2.08. The number of nitrogens with one attached hydrogen (secondary N) is 1. The molecule has 0 saturated carbocycles. The van der Waals surface area contributed by atoms with Gasteiger partial charge in [0.15, 0.2) is 0 Å². The summed E-state index contributed by atoms with van der Waals surface area (Å²) < 4.78 is 0.685. The Kier molecular flexibility index (Phi) is 5.78. The number of rotatable bonds is 3. The van der Waals surface area contributed by atoms with Crippen LogP contribution in [-0.2, 0) is 4.79 Å². The summed E-state index contributed by atoms with van der Waals surface area (Å²) in [5, 5.41) is 12.3. The quantitative estimate of drug-likeness (QED) is 0.824. The summed E-state index contributed by atoms with van der Waals surface area (Å²) in [6.07, 6.45) is -0.0395. The average molecular weight is 394 g/mol. The molecule has 114 valence electrons. The highest BCUT2D eigenvalue weighted by Crippen LogP contribution is 2.27. The van der Waals surface area contributed by atoms with Crippen molar-refractivity contribution >= 4 is 57.0 Å². The lowest BCUT2D eigenvalue weighted by Crippen LogP contribution is -2.48. The van der Waals surface area contributed by atoms with Crippen LogP contribution in [0.25, 0.3) is 0 Å². The third-order valence-electron chi connectivity index (χ3n) is 3.07. The SMILES string of the molecule is O=C(O)CC1CSCCN1C(=O)Nc1ccc(Cl)cc1Br. The molecule has 0 aromatic heterocycles. The largest absolute Gasteiger partial charge is 0.481 e. The van der Waals surface area contributed by atoms with E-state index in [0.717, 1.165) is 5.75 Å². The molecule has 0 bridgehead atoms. The van der Waals surface area contributed by atoms with E-state index in [4.69, 9.17) is 16.7 Å². The van der Waals surface area contributed by atoms with Crippen LogP contribution in [0.5, 0.6) is 0 Å². The summed E-state index contributed by atoms with van der Waals surface area (Å²) in [7, 11) is 0. The predicted octanol–water partition coefficient (Wildman–Crippen LogP) is 3.53. The molecule has 0 radical (unpaired) electrons. The van der Waals surface area contributed by atoms with Crippen molar-refractivity contribution in [1.82, 2.24) is 4.90 Å². The Hall–Kier alpha value is -0.920. The molecule has 1 heterocycles. The Labute approximate surface area is 140 Å². The first-order valence-corrected chi connectivity index (χ1v) is 8.62. The number of hydrogen-bond donors (Lipinski definition) is 2. The zero-order valence-corrected chi connectivity index (χ0v) is 14.2. The molecular formula is C13H14BrClN2O3S. The lowest BCUT2D eigenvalue weighted by Gasteiger charge is -2.34. The van der Waals surface area contributed by atoms with E-state index in [1.54, 1.807) is 34.9 Å². The number of anilines is 1. The highest BCUT2D eigenvalue weighted by Gasteiger charge is 2.29. The summed E-state index contributed by atoms with van der Waals surface area (Å²) in [4.78, 5) is 24.8. The number of halogens is 2. The molecule has 1 atom stereocenters. The normalized spacial score (nSPS) is 18.4. The Morgan fingerprint density at radius 2 is 2.29 bits per heavy atom. The van der Waals surface area contributed by atoms with Crippen LogP contribution in [0, 0.1) is 0 Å². The van der Waals surface area contributed by atoms with E-state index < -0.39 is 5.97 Å². The van der Waals surface area contributed by atoms with Gasteiger partial charge in [-0.05, 0) is 34.1 Å². The van der Waals surface area contributed by atoms with Crippen LogP contribution in [0.1, 0.15) is 6.42 Å². The molecule has 1 aliphatic rings. The van der Waals surface area contributed by atoms with Crippen molar-refractivity contribution in [1.29, 1.82) is 0 Å². The maximum atomic E-state index is 12.4. The molecule has 2 amide bonds. The van der Waals surface area contributed by atoms with Crippen LogP contribution in [0.4, 0.5) is 10.5 Å². The summed E-state index contributed by atoms with van der Waals surface area (Å²) in [5.41, 5.74) is 0.608. The van der Waals surface area contributed by atoms with E-state index in [-0.39, 0.29) is 18.5 Å². The average Bonchev–Trinajstić information content (AvgIpc) is 2.42. The van der Waals surface area contributed by atoms with Gasteiger partial charge in [-0.25, -0.2) is 4.79 Å². The van der Waals surface area contributed by atoms with Gasteiger partial charge >= 0.3 is 12.0 Å². The molecule has 1 aromatic rings. The summed E-state index contributed by atoms with van der Waals surface area (Å²) in [6, 6.07) is 4.51. The van der Waals surface area contributed by atoms with E-state index in [2.05, 4.69) is 21.2 Å².